The van der Waals surface area contributed by atoms with Crippen LogP contribution in [0.5, 0.6) is 0 Å². The zero-order chi connectivity index (χ0) is 13.6. The third-order valence-electron chi connectivity index (χ3n) is 3.32. The molecule has 5 nitrogen and oxygen atoms in total. The van der Waals surface area contributed by atoms with E-state index in [0.717, 1.165) is 12.1 Å². The number of carbonyl (C=O) groups is 1. The average Bonchev–Trinajstić information content (AvgIpc) is 2.38. The van der Waals surface area contributed by atoms with Crippen molar-refractivity contribution in [3.8, 4) is 0 Å². The molecule has 1 unspecified atom stereocenters. The van der Waals surface area contributed by atoms with Crippen LogP contribution in [0.1, 0.15) is 18.9 Å². The van der Waals surface area contributed by atoms with Crippen molar-refractivity contribution < 1.29 is 9.90 Å². The maximum Gasteiger partial charge on any atom is 0.229 e. The highest BCUT2D eigenvalue weighted by Crippen LogP contribution is 2.28. The van der Waals surface area contributed by atoms with Crippen LogP contribution in [0.2, 0.25) is 0 Å². The Morgan fingerprint density at radius 2 is 2.11 bits per heavy atom. The van der Waals surface area contributed by atoms with E-state index in [1.165, 1.54) is 0 Å². The van der Waals surface area contributed by atoms with Gasteiger partial charge in [0.2, 0.25) is 5.91 Å². The summed E-state index contributed by atoms with van der Waals surface area (Å²) in [6.45, 7) is 3.23. The van der Waals surface area contributed by atoms with Crippen molar-refractivity contribution in [2.24, 2.45) is 5.73 Å². The smallest absolute Gasteiger partial charge is 0.229 e. The fourth-order valence-corrected chi connectivity index (χ4v) is 2.09. The summed E-state index contributed by atoms with van der Waals surface area (Å²) in [4.78, 5) is 17.9. The topological polar surface area (TPSA) is 79.5 Å². The molecule has 0 aromatic carbocycles. The Bertz CT molecular complexity index is 383. The van der Waals surface area contributed by atoms with Crippen LogP contribution in [0.4, 0.5) is 0 Å². The highest BCUT2D eigenvalue weighted by molar-refractivity contribution is 5.87. The molecule has 0 saturated carbocycles. The van der Waals surface area contributed by atoms with Gasteiger partial charge >= 0.3 is 0 Å². The Kier molecular flexibility index (Phi) is 5.25. The van der Waals surface area contributed by atoms with E-state index >= 15 is 0 Å². The fraction of sp³-hybridized carbons (Fsp3) is 0.538. The van der Waals surface area contributed by atoms with Gasteiger partial charge < -0.3 is 15.7 Å². The van der Waals surface area contributed by atoms with E-state index in [-0.39, 0.29) is 6.61 Å². The Morgan fingerprint density at radius 3 is 2.56 bits per heavy atom. The number of carbonyl (C=O) groups excluding carboxylic acids is 1. The first-order valence-corrected chi connectivity index (χ1v) is 6.06. The van der Waals surface area contributed by atoms with Gasteiger partial charge in [0.25, 0.3) is 0 Å². The van der Waals surface area contributed by atoms with Gasteiger partial charge in [0.05, 0.1) is 5.41 Å². The molecule has 1 aromatic heterocycles. The molecule has 0 spiro atoms. The third-order valence-corrected chi connectivity index (χ3v) is 3.32. The zero-order valence-corrected chi connectivity index (χ0v) is 11.0. The summed E-state index contributed by atoms with van der Waals surface area (Å²) >= 11 is 0. The lowest BCUT2D eigenvalue weighted by Crippen LogP contribution is -2.49. The van der Waals surface area contributed by atoms with Crippen molar-refractivity contribution in [3.63, 3.8) is 0 Å². The second kappa shape index (κ2) is 6.47. The van der Waals surface area contributed by atoms with E-state index in [1.807, 2.05) is 18.9 Å². The normalized spacial score (nSPS) is 14.4. The number of amides is 1. The van der Waals surface area contributed by atoms with Gasteiger partial charge in [0.15, 0.2) is 0 Å². The summed E-state index contributed by atoms with van der Waals surface area (Å²) < 4.78 is 0. The van der Waals surface area contributed by atoms with Gasteiger partial charge in [-0.25, -0.2) is 0 Å². The van der Waals surface area contributed by atoms with Crippen LogP contribution in [0.3, 0.4) is 0 Å². The number of hydrogen-bond acceptors (Lipinski definition) is 4. The lowest BCUT2D eigenvalue weighted by molar-refractivity contribution is -0.124. The van der Waals surface area contributed by atoms with E-state index in [2.05, 4.69) is 4.98 Å². The van der Waals surface area contributed by atoms with Crippen molar-refractivity contribution in [1.82, 2.24) is 9.88 Å². The maximum absolute atomic E-state index is 11.9. The first kappa shape index (κ1) is 14.6. The second-order valence-electron chi connectivity index (χ2n) is 4.49. The molecule has 1 atom stereocenters. The van der Waals surface area contributed by atoms with E-state index in [4.69, 9.17) is 5.73 Å². The van der Waals surface area contributed by atoms with Crippen molar-refractivity contribution in [3.05, 3.63) is 30.1 Å². The third kappa shape index (κ3) is 3.05. The first-order chi connectivity index (χ1) is 8.56. The van der Waals surface area contributed by atoms with Gasteiger partial charge in [-0.2, -0.15) is 0 Å². The Balaban J connectivity index is 3.17. The predicted octanol–water partition coefficient (Wildman–Crippen LogP) is 0.139. The molecule has 100 valence electrons. The number of rotatable bonds is 7. The summed E-state index contributed by atoms with van der Waals surface area (Å²) in [5.74, 6) is -0.414. The molecule has 1 amide bonds. The summed E-state index contributed by atoms with van der Waals surface area (Å²) in [6.07, 6.45) is 3.59. The zero-order valence-electron chi connectivity index (χ0n) is 11.0. The minimum Gasteiger partial charge on any atom is -0.396 e. The monoisotopic (exact) mass is 251 g/mol. The second-order valence-corrected chi connectivity index (χ2v) is 4.49. The van der Waals surface area contributed by atoms with Gasteiger partial charge in [-0.3, -0.25) is 9.78 Å². The van der Waals surface area contributed by atoms with Crippen molar-refractivity contribution in [2.75, 3.05) is 26.7 Å². The summed E-state index contributed by atoms with van der Waals surface area (Å²) in [7, 11) is 1.93. The molecule has 5 heteroatoms. The molecule has 0 saturated heterocycles. The number of aromatic nitrogens is 1. The summed E-state index contributed by atoms with van der Waals surface area (Å²) in [5, 5.41) is 9.26. The van der Waals surface area contributed by atoms with E-state index in [0.29, 0.717) is 13.0 Å². The van der Waals surface area contributed by atoms with Crippen LogP contribution in [-0.4, -0.2) is 47.6 Å². The molecule has 0 bridgehead atoms. The number of nitrogens with two attached hydrogens (primary N) is 1. The molecule has 3 N–H and O–H groups in total. The number of nitrogens with zero attached hydrogens (tertiary/aromatic N) is 2. The number of primary amides is 1. The van der Waals surface area contributed by atoms with E-state index in [1.54, 1.807) is 24.5 Å². The lowest BCUT2D eigenvalue weighted by Gasteiger charge is -2.34. The standard InChI is InChI=1S/C13H21N3O2/c1-3-16(2)10-13(6-9-17,12(14)18)11-4-7-15-8-5-11/h4-5,7-8,17H,3,6,9-10H2,1-2H3,(H2,14,18). The Labute approximate surface area is 108 Å². The molecule has 0 fully saturated rings. The molecule has 1 heterocycles. The number of likely N-dealkylation sites (N-methyl/N-ethyl adjacent to an activating group) is 1. The summed E-state index contributed by atoms with van der Waals surface area (Å²) in [5.41, 5.74) is 5.54. The van der Waals surface area contributed by atoms with Crippen molar-refractivity contribution in [2.45, 2.75) is 18.8 Å². The molecule has 18 heavy (non-hydrogen) atoms. The highest BCUT2D eigenvalue weighted by Gasteiger charge is 2.38. The minimum absolute atomic E-state index is 0.0805. The molecule has 1 rings (SSSR count). The van der Waals surface area contributed by atoms with Crippen LogP contribution in [0.25, 0.3) is 0 Å². The summed E-state index contributed by atoms with van der Waals surface area (Å²) in [6, 6.07) is 3.56. The number of hydrogen-bond donors (Lipinski definition) is 2. The first-order valence-electron chi connectivity index (χ1n) is 6.06. The van der Waals surface area contributed by atoms with Gasteiger partial charge in [0, 0.05) is 25.5 Å². The van der Waals surface area contributed by atoms with Crippen molar-refractivity contribution in [1.29, 1.82) is 0 Å². The molecular formula is C13H21N3O2. The maximum atomic E-state index is 11.9. The molecule has 1 aromatic rings. The number of aliphatic hydroxyl groups excluding tert-OH is 1. The van der Waals surface area contributed by atoms with Gasteiger partial charge in [-0.15, -0.1) is 0 Å². The van der Waals surface area contributed by atoms with E-state index in [9.17, 15) is 9.90 Å². The average molecular weight is 251 g/mol. The van der Waals surface area contributed by atoms with Gasteiger partial charge in [0.1, 0.15) is 0 Å². The van der Waals surface area contributed by atoms with Crippen LogP contribution >= 0.6 is 0 Å². The lowest BCUT2D eigenvalue weighted by atomic mass is 9.77. The SMILES string of the molecule is CCN(C)CC(CCO)(C(N)=O)c1ccncc1. The van der Waals surface area contributed by atoms with Gasteiger partial charge in [-0.05, 0) is 37.7 Å². The largest absolute Gasteiger partial charge is 0.396 e. The van der Waals surface area contributed by atoms with Crippen LogP contribution < -0.4 is 5.73 Å². The molecule has 0 aliphatic heterocycles. The molecule has 0 aliphatic carbocycles. The van der Waals surface area contributed by atoms with Crippen LogP contribution in [-0.2, 0) is 10.2 Å². The number of pyridine rings is 1. The Morgan fingerprint density at radius 1 is 1.50 bits per heavy atom. The number of aliphatic hydroxyl groups is 1. The molecule has 0 radical (unpaired) electrons. The van der Waals surface area contributed by atoms with Crippen LogP contribution in [0, 0.1) is 0 Å². The predicted molar refractivity (Wildman–Crippen MR) is 70.0 cm³/mol. The van der Waals surface area contributed by atoms with Crippen molar-refractivity contribution >= 4 is 5.91 Å². The highest BCUT2D eigenvalue weighted by atomic mass is 16.3. The van der Waals surface area contributed by atoms with Crippen LogP contribution in [0.15, 0.2) is 24.5 Å². The Hall–Kier alpha value is -1.46. The van der Waals surface area contributed by atoms with E-state index < -0.39 is 11.3 Å². The quantitative estimate of drug-likeness (QED) is 0.722. The molecule has 0 aliphatic rings. The fourth-order valence-electron chi connectivity index (χ4n) is 2.09. The molecular weight excluding hydrogens is 230 g/mol. The minimum atomic E-state index is -0.859. The van der Waals surface area contributed by atoms with Gasteiger partial charge in [-0.1, -0.05) is 6.92 Å².